The average molecular weight is 327 g/mol. The van der Waals surface area contributed by atoms with E-state index in [4.69, 9.17) is 12.2 Å². The Balaban J connectivity index is 2.02. The Morgan fingerprint density at radius 3 is 2.26 bits per heavy atom. The summed E-state index contributed by atoms with van der Waals surface area (Å²) in [5.41, 5.74) is 6.27. The molecule has 0 amide bonds. The zero-order valence-corrected chi connectivity index (χ0v) is 15.3. The van der Waals surface area contributed by atoms with E-state index in [2.05, 4.69) is 80.8 Å². The van der Waals surface area contributed by atoms with Crippen molar-refractivity contribution in [2.45, 2.75) is 46.6 Å². The van der Waals surface area contributed by atoms with Gasteiger partial charge in [0.1, 0.15) is 0 Å². The maximum atomic E-state index is 5.48. The van der Waals surface area contributed by atoms with E-state index < -0.39 is 0 Å². The summed E-state index contributed by atoms with van der Waals surface area (Å²) in [6, 6.07) is 15.2. The Labute approximate surface area is 145 Å². The molecule has 0 aliphatic rings. The third-order valence-electron chi connectivity index (χ3n) is 4.27. The largest absolute Gasteiger partial charge is 0.356 e. The zero-order chi connectivity index (χ0) is 16.8. The van der Waals surface area contributed by atoms with E-state index >= 15 is 0 Å². The molecular weight excluding hydrogens is 300 g/mol. The first-order chi connectivity index (χ1) is 11.0. The number of benzene rings is 2. The summed E-state index contributed by atoms with van der Waals surface area (Å²) in [4.78, 5) is 0. The third-order valence-corrected chi connectivity index (χ3v) is 4.49. The van der Waals surface area contributed by atoms with E-state index in [1.807, 2.05) is 0 Å². The highest BCUT2D eigenvalue weighted by Crippen LogP contribution is 2.20. The lowest BCUT2D eigenvalue weighted by atomic mass is 9.99. The lowest BCUT2D eigenvalue weighted by molar-refractivity contribution is 0.628. The summed E-state index contributed by atoms with van der Waals surface area (Å²) in [5.74, 6) is 0. The molecule has 0 radical (unpaired) electrons. The number of hydrogen-bond acceptors (Lipinski definition) is 1. The van der Waals surface area contributed by atoms with E-state index in [1.165, 1.54) is 22.3 Å². The summed E-state index contributed by atoms with van der Waals surface area (Å²) in [6.45, 7) is 8.62. The molecule has 2 N–H and O–H groups in total. The van der Waals surface area contributed by atoms with Crippen molar-refractivity contribution < 1.29 is 0 Å². The van der Waals surface area contributed by atoms with Crippen LogP contribution in [0.3, 0.4) is 0 Å². The van der Waals surface area contributed by atoms with Gasteiger partial charge in [0.25, 0.3) is 0 Å². The van der Waals surface area contributed by atoms with Gasteiger partial charge in [-0.05, 0) is 73.3 Å². The first kappa shape index (κ1) is 17.5. The van der Waals surface area contributed by atoms with Crippen LogP contribution >= 0.6 is 12.2 Å². The second-order valence-electron chi connectivity index (χ2n) is 5.95. The molecule has 0 bridgehead atoms. The third kappa shape index (κ3) is 4.80. The highest BCUT2D eigenvalue weighted by atomic mass is 32.1. The molecule has 23 heavy (non-hydrogen) atoms. The standard InChI is InChI=1S/C20H26N2S/c1-5-16-8-11-18(12-9-16)21-20(23)22-19(6-2)17-10-7-14(3)15(4)13-17/h7-13,19H,5-6H2,1-4H3,(H2,21,22,23). The molecule has 0 spiro atoms. The quantitative estimate of drug-likeness (QED) is 0.729. The number of rotatable bonds is 5. The monoisotopic (exact) mass is 326 g/mol. The predicted molar refractivity (Wildman–Crippen MR) is 104 cm³/mol. The van der Waals surface area contributed by atoms with E-state index in [0.717, 1.165) is 18.5 Å². The van der Waals surface area contributed by atoms with E-state index in [0.29, 0.717) is 5.11 Å². The number of hydrogen-bond donors (Lipinski definition) is 2. The summed E-state index contributed by atoms with van der Waals surface area (Å²) in [6.07, 6.45) is 2.03. The molecular formula is C20H26N2S. The molecule has 2 nitrogen and oxygen atoms in total. The number of aryl methyl sites for hydroxylation is 3. The van der Waals surface area contributed by atoms with Crippen LogP contribution in [0, 0.1) is 13.8 Å². The van der Waals surface area contributed by atoms with Crippen LogP contribution in [0.1, 0.15) is 48.6 Å². The predicted octanol–water partition coefficient (Wildman–Crippen LogP) is 5.30. The summed E-state index contributed by atoms with van der Waals surface area (Å²) in [5, 5.41) is 7.37. The number of anilines is 1. The van der Waals surface area contributed by atoms with Crippen LogP contribution in [0.4, 0.5) is 5.69 Å². The van der Waals surface area contributed by atoms with Crippen LogP contribution in [0.25, 0.3) is 0 Å². The van der Waals surface area contributed by atoms with Gasteiger partial charge in [-0.2, -0.15) is 0 Å². The second kappa shape index (κ2) is 8.11. The van der Waals surface area contributed by atoms with Crippen LogP contribution in [0.2, 0.25) is 0 Å². The molecule has 0 saturated carbocycles. The van der Waals surface area contributed by atoms with Crippen molar-refractivity contribution in [3.63, 3.8) is 0 Å². The van der Waals surface area contributed by atoms with Gasteiger partial charge in [0.15, 0.2) is 5.11 Å². The fourth-order valence-electron chi connectivity index (χ4n) is 2.55. The first-order valence-corrected chi connectivity index (χ1v) is 8.68. The SMILES string of the molecule is CCc1ccc(NC(=S)NC(CC)c2ccc(C)c(C)c2)cc1. The van der Waals surface area contributed by atoms with Crippen molar-refractivity contribution in [1.82, 2.24) is 5.32 Å². The fourth-order valence-corrected chi connectivity index (χ4v) is 2.81. The second-order valence-corrected chi connectivity index (χ2v) is 6.36. The topological polar surface area (TPSA) is 24.1 Å². The van der Waals surface area contributed by atoms with Crippen LogP contribution in [0.5, 0.6) is 0 Å². The van der Waals surface area contributed by atoms with Gasteiger partial charge in [-0.25, -0.2) is 0 Å². The Morgan fingerprint density at radius 1 is 1.00 bits per heavy atom. The Bertz CT molecular complexity index is 662. The maximum Gasteiger partial charge on any atom is 0.171 e. The van der Waals surface area contributed by atoms with Gasteiger partial charge in [0, 0.05) is 5.69 Å². The molecule has 2 aromatic carbocycles. The highest BCUT2D eigenvalue weighted by Gasteiger charge is 2.11. The first-order valence-electron chi connectivity index (χ1n) is 8.27. The molecule has 0 aliphatic carbocycles. The van der Waals surface area contributed by atoms with Gasteiger partial charge in [-0.3, -0.25) is 0 Å². The summed E-state index contributed by atoms with van der Waals surface area (Å²) in [7, 11) is 0. The fraction of sp³-hybridized carbons (Fsp3) is 0.350. The molecule has 0 aromatic heterocycles. The van der Waals surface area contributed by atoms with Gasteiger partial charge in [-0.15, -0.1) is 0 Å². The van der Waals surface area contributed by atoms with E-state index in [-0.39, 0.29) is 6.04 Å². The van der Waals surface area contributed by atoms with Gasteiger partial charge >= 0.3 is 0 Å². The van der Waals surface area contributed by atoms with Gasteiger partial charge in [0.2, 0.25) is 0 Å². The minimum Gasteiger partial charge on any atom is -0.356 e. The summed E-state index contributed by atoms with van der Waals surface area (Å²) < 4.78 is 0. The van der Waals surface area contributed by atoms with Gasteiger partial charge < -0.3 is 10.6 Å². The number of nitrogens with one attached hydrogen (secondary N) is 2. The van der Waals surface area contributed by atoms with Gasteiger partial charge in [-0.1, -0.05) is 44.2 Å². The lowest BCUT2D eigenvalue weighted by Crippen LogP contribution is -2.32. The average Bonchev–Trinajstić information content (AvgIpc) is 2.56. The molecule has 0 heterocycles. The molecule has 1 atom stereocenters. The molecule has 0 aliphatic heterocycles. The molecule has 122 valence electrons. The Hall–Kier alpha value is -1.87. The zero-order valence-electron chi connectivity index (χ0n) is 14.4. The molecule has 3 heteroatoms. The lowest BCUT2D eigenvalue weighted by Gasteiger charge is -2.21. The molecule has 1 unspecified atom stereocenters. The van der Waals surface area contributed by atoms with Crippen LogP contribution < -0.4 is 10.6 Å². The Kier molecular flexibility index (Phi) is 6.17. The van der Waals surface area contributed by atoms with Crippen LogP contribution in [-0.4, -0.2) is 5.11 Å². The van der Waals surface area contributed by atoms with Crippen molar-refractivity contribution >= 4 is 23.0 Å². The maximum absolute atomic E-state index is 5.48. The molecule has 2 rings (SSSR count). The summed E-state index contributed by atoms with van der Waals surface area (Å²) >= 11 is 5.48. The van der Waals surface area contributed by atoms with Crippen molar-refractivity contribution in [3.8, 4) is 0 Å². The smallest absolute Gasteiger partial charge is 0.171 e. The normalized spacial score (nSPS) is 11.8. The molecule has 0 fully saturated rings. The van der Waals surface area contributed by atoms with Crippen LogP contribution in [0.15, 0.2) is 42.5 Å². The number of thiocarbonyl (C=S) groups is 1. The van der Waals surface area contributed by atoms with Crippen molar-refractivity contribution in [3.05, 3.63) is 64.7 Å². The van der Waals surface area contributed by atoms with Crippen LogP contribution in [-0.2, 0) is 6.42 Å². The van der Waals surface area contributed by atoms with Crippen molar-refractivity contribution in [2.75, 3.05) is 5.32 Å². The minimum atomic E-state index is 0.226. The minimum absolute atomic E-state index is 0.226. The molecule has 0 saturated heterocycles. The van der Waals surface area contributed by atoms with Crippen molar-refractivity contribution in [1.29, 1.82) is 0 Å². The van der Waals surface area contributed by atoms with Crippen molar-refractivity contribution in [2.24, 2.45) is 0 Å². The Morgan fingerprint density at radius 2 is 1.70 bits per heavy atom. The van der Waals surface area contributed by atoms with E-state index in [1.54, 1.807) is 0 Å². The van der Waals surface area contributed by atoms with E-state index in [9.17, 15) is 0 Å². The van der Waals surface area contributed by atoms with Gasteiger partial charge in [0.05, 0.1) is 6.04 Å². The molecule has 2 aromatic rings. The highest BCUT2D eigenvalue weighted by molar-refractivity contribution is 7.80.